The Kier molecular flexibility index (Phi) is 1.94. The van der Waals surface area contributed by atoms with Crippen molar-refractivity contribution in [3.8, 4) is 0 Å². The molecule has 0 saturated carbocycles. The van der Waals surface area contributed by atoms with Gasteiger partial charge in [0, 0.05) is 16.6 Å². The molecule has 13 heavy (non-hydrogen) atoms. The Labute approximate surface area is 79.4 Å². The molecule has 1 heterocycles. The number of hydrogen-bond acceptors (Lipinski definition) is 3. The number of aromatic nitrogens is 2. The Balaban J connectivity index is 2.74. The zero-order valence-electron chi connectivity index (χ0n) is 6.57. The van der Waals surface area contributed by atoms with E-state index in [2.05, 4.69) is 9.97 Å². The average molecular weight is 193 g/mol. The number of benzene rings is 1. The number of aldehydes is 1. The first-order valence-corrected chi connectivity index (χ1v) is 4.05. The maximum atomic E-state index is 10.4. The summed E-state index contributed by atoms with van der Waals surface area (Å²) in [5, 5.41) is 1.47. The van der Waals surface area contributed by atoms with Crippen molar-refractivity contribution in [2.24, 2.45) is 0 Å². The second-order valence-corrected chi connectivity index (χ2v) is 2.99. The molecular formula is C9H5ClN2O. The van der Waals surface area contributed by atoms with Crippen LogP contribution in [0.25, 0.3) is 10.9 Å². The molecule has 0 bridgehead atoms. The Morgan fingerprint density at radius 1 is 1.38 bits per heavy atom. The fourth-order valence-electron chi connectivity index (χ4n) is 1.07. The number of hydrogen-bond donors (Lipinski definition) is 0. The molecule has 1 aromatic heterocycles. The van der Waals surface area contributed by atoms with Gasteiger partial charge >= 0.3 is 0 Å². The Morgan fingerprint density at radius 2 is 2.23 bits per heavy atom. The van der Waals surface area contributed by atoms with Gasteiger partial charge in [-0.15, -0.1) is 0 Å². The van der Waals surface area contributed by atoms with Gasteiger partial charge in [-0.2, -0.15) is 0 Å². The summed E-state index contributed by atoms with van der Waals surface area (Å²) >= 11 is 5.77. The first-order valence-electron chi connectivity index (χ1n) is 3.67. The highest BCUT2D eigenvalue weighted by molar-refractivity contribution is 6.31. The van der Waals surface area contributed by atoms with E-state index in [4.69, 9.17) is 11.6 Å². The van der Waals surface area contributed by atoms with E-state index in [0.717, 1.165) is 5.39 Å². The lowest BCUT2D eigenvalue weighted by atomic mass is 10.2. The van der Waals surface area contributed by atoms with Gasteiger partial charge in [0.2, 0.25) is 0 Å². The zero-order chi connectivity index (χ0) is 9.26. The number of nitrogens with zero attached hydrogens (tertiary/aromatic N) is 2. The molecule has 0 saturated heterocycles. The average Bonchev–Trinajstić information content (AvgIpc) is 2.16. The predicted octanol–water partition coefficient (Wildman–Crippen LogP) is 2.10. The van der Waals surface area contributed by atoms with Crippen molar-refractivity contribution in [1.82, 2.24) is 9.97 Å². The van der Waals surface area contributed by atoms with E-state index in [9.17, 15) is 4.79 Å². The van der Waals surface area contributed by atoms with Crippen LogP contribution in [0, 0.1) is 0 Å². The molecule has 0 unspecified atom stereocenters. The van der Waals surface area contributed by atoms with Crippen molar-refractivity contribution in [2.45, 2.75) is 0 Å². The van der Waals surface area contributed by atoms with E-state index in [0.29, 0.717) is 16.8 Å². The van der Waals surface area contributed by atoms with Crippen molar-refractivity contribution in [3.63, 3.8) is 0 Å². The lowest BCUT2D eigenvalue weighted by molar-refractivity contribution is 0.111. The molecule has 2 aromatic rings. The van der Waals surface area contributed by atoms with E-state index in [1.165, 1.54) is 0 Å². The van der Waals surface area contributed by atoms with Crippen LogP contribution in [0.5, 0.6) is 0 Å². The third kappa shape index (κ3) is 1.51. The molecular weight excluding hydrogens is 188 g/mol. The van der Waals surface area contributed by atoms with Crippen molar-refractivity contribution in [1.29, 1.82) is 0 Å². The van der Waals surface area contributed by atoms with Crippen LogP contribution < -0.4 is 0 Å². The minimum atomic E-state index is 0.176. The summed E-state index contributed by atoms with van der Waals surface area (Å²) < 4.78 is 0. The maximum absolute atomic E-state index is 10.4. The smallest absolute Gasteiger partial charge is 0.193 e. The maximum Gasteiger partial charge on any atom is 0.193 e. The quantitative estimate of drug-likeness (QED) is 0.650. The Morgan fingerprint density at radius 3 is 3.00 bits per heavy atom. The second-order valence-electron chi connectivity index (χ2n) is 2.55. The van der Waals surface area contributed by atoms with Gasteiger partial charge in [-0.1, -0.05) is 11.6 Å². The summed E-state index contributed by atoms with van der Waals surface area (Å²) in [5.74, 6) is 0.176. The molecule has 1 aromatic carbocycles. The van der Waals surface area contributed by atoms with Gasteiger partial charge in [0.05, 0.1) is 5.52 Å². The van der Waals surface area contributed by atoms with Crippen LogP contribution in [-0.4, -0.2) is 16.3 Å². The van der Waals surface area contributed by atoms with Gasteiger partial charge in [-0.3, -0.25) is 4.79 Å². The van der Waals surface area contributed by atoms with Gasteiger partial charge in [0.15, 0.2) is 12.1 Å². The number of fused-ring (bicyclic) bond motifs is 1. The van der Waals surface area contributed by atoms with Crippen LogP contribution in [0.15, 0.2) is 24.4 Å². The molecule has 0 aliphatic rings. The third-order valence-corrected chi connectivity index (χ3v) is 1.90. The van der Waals surface area contributed by atoms with E-state index >= 15 is 0 Å². The van der Waals surface area contributed by atoms with Crippen molar-refractivity contribution in [3.05, 3.63) is 35.2 Å². The van der Waals surface area contributed by atoms with E-state index in [1.807, 2.05) is 6.07 Å². The van der Waals surface area contributed by atoms with E-state index < -0.39 is 0 Å². The van der Waals surface area contributed by atoms with Crippen LogP contribution >= 0.6 is 11.6 Å². The van der Waals surface area contributed by atoms with Crippen LogP contribution in [0.1, 0.15) is 10.6 Å². The monoisotopic (exact) mass is 192 g/mol. The summed E-state index contributed by atoms with van der Waals surface area (Å²) in [4.78, 5) is 18.2. The fourth-order valence-corrected chi connectivity index (χ4v) is 1.23. The molecule has 0 atom stereocenters. The topological polar surface area (TPSA) is 42.9 Å². The number of rotatable bonds is 1. The molecule has 0 aliphatic heterocycles. The van der Waals surface area contributed by atoms with Crippen molar-refractivity contribution >= 4 is 28.8 Å². The van der Waals surface area contributed by atoms with Crippen molar-refractivity contribution in [2.75, 3.05) is 0 Å². The van der Waals surface area contributed by atoms with E-state index in [1.54, 1.807) is 18.3 Å². The second kappa shape index (κ2) is 3.11. The third-order valence-electron chi connectivity index (χ3n) is 1.67. The van der Waals surface area contributed by atoms with Crippen LogP contribution in [-0.2, 0) is 0 Å². The molecule has 0 aliphatic carbocycles. The molecule has 4 heteroatoms. The first kappa shape index (κ1) is 8.13. The highest BCUT2D eigenvalue weighted by Gasteiger charge is 1.98. The largest absolute Gasteiger partial charge is 0.294 e. The molecule has 0 fully saturated rings. The van der Waals surface area contributed by atoms with Crippen LogP contribution in [0.3, 0.4) is 0 Å². The van der Waals surface area contributed by atoms with Gasteiger partial charge in [-0.05, 0) is 18.2 Å². The molecule has 2 rings (SSSR count). The van der Waals surface area contributed by atoms with Crippen molar-refractivity contribution < 1.29 is 4.79 Å². The summed E-state index contributed by atoms with van der Waals surface area (Å²) in [6.07, 6.45) is 2.21. The van der Waals surface area contributed by atoms with Gasteiger partial charge in [0.1, 0.15) is 0 Å². The Hall–Kier alpha value is -1.48. The highest BCUT2D eigenvalue weighted by Crippen LogP contribution is 2.16. The van der Waals surface area contributed by atoms with Crippen LogP contribution in [0.2, 0.25) is 5.02 Å². The summed E-state index contributed by atoms with van der Waals surface area (Å²) in [6.45, 7) is 0. The molecule has 3 nitrogen and oxygen atoms in total. The normalized spacial score (nSPS) is 10.2. The van der Waals surface area contributed by atoms with Gasteiger partial charge in [-0.25, -0.2) is 9.97 Å². The standard InChI is InChI=1S/C9H5ClN2O/c10-7-2-1-6-4-11-9(5-13)12-8(6)3-7/h1-5H. The molecule has 0 amide bonds. The summed E-state index contributed by atoms with van der Waals surface area (Å²) in [5.41, 5.74) is 0.685. The lowest BCUT2D eigenvalue weighted by Gasteiger charge is -1.96. The van der Waals surface area contributed by atoms with Gasteiger partial charge < -0.3 is 0 Å². The Bertz CT molecular complexity index is 470. The van der Waals surface area contributed by atoms with Crippen LogP contribution in [0.4, 0.5) is 0 Å². The number of halogens is 1. The fraction of sp³-hybridized carbons (Fsp3) is 0. The summed E-state index contributed by atoms with van der Waals surface area (Å²) in [7, 11) is 0. The SMILES string of the molecule is O=Cc1ncc2ccc(Cl)cc2n1. The first-order chi connectivity index (χ1) is 6.29. The number of carbonyl (C=O) groups excluding carboxylic acids is 1. The molecule has 0 spiro atoms. The highest BCUT2D eigenvalue weighted by atomic mass is 35.5. The lowest BCUT2D eigenvalue weighted by Crippen LogP contribution is -1.91. The molecule has 0 radical (unpaired) electrons. The predicted molar refractivity (Wildman–Crippen MR) is 49.9 cm³/mol. The van der Waals surface area contributed by atoms with E-state index in [-0.39, 0.29) is 5.82 Å². The molecule has 0 N–H and O–H groups in total. The molecule has 64 valence electrons. The minimum Gasteiger partial charge on any atom is -0.294 e. The zero-order valence-corrected chi connectivity index (χ0v) is 7.32. The number of carbonyl (C=O) groups is 1. The van der Waals surface area contributed by atoms with Gasteiger partial charge in [0.25, 0.3) is 0 Å². The summed E-state index contributed by atoms with van der Waals surface area (Å²) in [6, 6.07) is 5.27. The minimum absolute atomic E-state index is 0.176.